The van der Waals surface area contributed by atoms with Crippen molar-refractivity contribution in [1.82, 2.24) is 5.32 Å². The number of oxime groups is 1. The van der Waals surface area contributed by atoms with Gasteiger partial charge in [-0.05, 0) is 36.6 Å². The standard InChI is InChI=1S/C15H25N3O3/c1-3-11(6-7-19)9-17-10-12-4-5-14(21-2)13(8-12)15(16)18-20/h4-5,8,11,17,19-20H,3,6-7,9-10H2,1-2H3,(H2,16,18). The zero-order valence-electron chi connectivity index (χ0n) is 12.7. The van der Waals surface area contributed by atoms with Crippen molar-refractivity contribution in [2.75, 3.05) is 20.3 Å². The fourth-order valence-electron chi connectivity index (χ4n) is 2.17. The topological polar surface area (TPSA) is 100 Å². The van der Waals surface area contributed by atoms with Gasteiger partial charge in [0.2, 0.25) is 0 Å². The molecule has 0 radical (unpaired) electrons. The number of nitrogens with two attached hydrogens (primary N) is 1. The first-order valence-electron chi connectivity index (χ1n) is 7.12. The Bertz CT molecular complexity index is 463. The summed E-state index contributed by atoms with van der Waals surface area (Å²) in [6.07, 6.45) is 1.84. The van der Waals surface area contributed by atoms with Crippen LogP contribution in [0.5, 0.6) is 5.75 Å². The second kappa shape index (κ2) is 9.20. The minimum Gasteiger partial charge on any atom is -0.496 e. The van der Waals surface area contributed by atoms with Gasteiger partial charge in [-0.25, -0.2) is 0 Å². The number of amidine groups is 1. The van der Waals surface area contributed by atoms with Crippen molar-refractivity contribution in [3.63, 3.8) is 0 Å². The molecule has 1 aromatic rings. The molecule has 0 aromatic heterocycles. The first kappa shape index (κ1) is 17.3. The number of nitrogens with one attached hydrogen (secondary N) is 1. The Balaban J connectivity index is 2.68. The Morgan fingerprint density at radius 2 is 2.24 bits per heavy atom. The predicted molar refractivity (Wildman–Crippen MR) is 82.7 cm³/mol. The first-order valence-corrected chi connectivity index (χ1v) is 7.12. The Hall–Kier alpha value is -1.79. The Morgan fingerprint density at radius 3 is 2.81 bits per heavy atom. The number of ether oxygens (including phenoxy) is 1. The van der Waals surface area contributed by atoms with Crippen molar-refractivity contribution in [3.8, 4) is 5.75 Å². The maximum atomic E-state index is 8.97. The summed E-state index contributed by atoms with van der Waals surface area (Å²) in [5.41, 5.74) is 7.24. The van der Waals surface area contributed by atoms with Crippen molar-refractivity contribution >= 4 is 5.84 Å². The van der Waals surface area contributed by atoms with Gasteiger partial charge in [-0.15, -0.1) is 0 Å². The largest absolute Gasteiger partial charge is 0.496 e. The molecule has 0 aliphatic rings. The monoisotopic (exact) mass is 295 g/mol. The van der Waals surface area contributed by atoms with Crippen LogP contribution in [-0.4, -0.2) is 36.4 Å². The summed E-state index contributed by atoms with van der Waals surface area (Å²) in [5, 5.41) is 24.2. The van der Waals surface area contributed by atoms with Crippen molar-refractivity contribution in [3.05, 3.63) is 29.3 Å². The van der Waals surface area contributed by atoms with Gasteiger partial charge in [-0.2, -0.15) is 0 Å². The van der Waals surface area contributed by atoms with Crippen molar-refractivity contribution in [2.45, 2.75) is 26.3 Å². The van der Waals surface area contributed by atoms with Gasteiger partial charge in [0.25, 0.3) is 0 Å². The molecule has 0 saturated carbocycles. The SMILES string of the molecule is CCC(CCO)CNCc1ccc(OC)c(/C(N)=N/O)c1. The molecule has 0 bridgehead atoms. The molecule has 0 heterocycles. The van der Waals surface area contributed by atoms with Crippen molar-refractivity contribution < 1.29 is 15.1 Å². The van der Waals surface area contributed by atoms with E-state index in [4.69, 9.17) is 20.8 Å². The molecule has 0 saturated heterocycles. The Morgan fingerprint density at radius 1 is 1.48 bits per heavy atom. The highest BCUT2D eigenvalue weighted by molar-refractivity contribution is 5.99. The molecular formula is C15H25N3O3. The van der Waals surface area contributed by atoms with Gasteiger partial charge >= 0.3 is 0 Å². The van der Waals surface area contributed by atoms with Crippen LogP contribution in [0.3, 0.4) is 0 Å². The molecular weight excluding hydrogens is 270 g/mol. The molecule has 5 N–H and O–H groups in total. The van der Waals surface area contributed by atoms with E-state index in [0.29, 0.717) is 23.8 Å². The number of methoxy groups -OCH3 is 1. The van der Waals surface area contributed by atoms with Crippen LogP contribution in [0.25, 0.3) is 0 Å². The molecule has 1 rings (SSSR count). The molecule has 6 heteroatoms. The lowest BCUT2D eigenvalue weighted by Crippen LogP contribution is -2.23. The fraction of sp³-hybridized carbons (Fsp3) is 0.533. The van der Waals surface area contributed by atoms with E-state index in [0.717, 1.165) is 24.9 Å². The normalized spacial score (nSPS) is 13.2. The van der Waals surface area contributed by atoms with Crippen LogP contribution in [-0.2, 0) is 6.54 Å². The number of hydrogen-bond donors (Lipinski definition) is 4. The molecule has 0 aliphatic carbocycles. The van der Waals surface area contributed by atoms with Gasteiger partial charge < -0.3 is 26.1 Å². The van der Waals surface area contributed by atoms with Gasteiger partial charge in [0.05, 0.1) is 12.7 Å². The summed E-state index contributed by atoms with van der Waals surface area (Å²) in [4.78, 5) is 0. The minimum atomic E-state index is 0.0282. The number of aliphatic hydroxyl groups excluding tert-OH is 1. The predicted octanol–water partition coefficient (Wildman–Crippen LogP) is 1.29. The summed E-state index contributed by atoms with van der Waals surface area (Å²) in [7, 11) is 1.54. The quantitative estimate of drug-likeness (QED) is 0.238. The van der Waals surface area contributed by atoms with Gasteiger partial charge in [0.1, 0.15) is 5.75 Å². The van der Waals surface area contributed by atoms with Crippen LogP contribution in [0.15, 0.2) is 23.4 Å². The lowest BCUT2D eigenvalue weighted by atomic mass is 10.0. The summed E-state index contributed by atoms with van der Waals surface area (Å²) in [6.45, 7) is 3.86. The third-order valence-corrected chi connectivity index (χ3v) is 3.52. The molecule has 1 unspecified atom stereocenters. The average Bonchev–Trinajstić information content (AvgIpc) is 2.53. The van der Waals surface area contributed by atoms with Gasteiger partial charge in [-0.1, -0.05) is 24.6 Å². The number of hydrogen-bond acceptors (Lipinski definition) is 5. The molecule has 0 spiro atoms. The summed E-state index contributed by atoms with van der Waals surface area (Å²) in [6, 6.07) is 5.58. The molecule has 1 atom stereocenters. The van der Waals surface area contributed by atoms with Gasteiger partial charge in [0, 0.05) is 13.2 Å². The molecule has 0 aliphatic heterocycles. The average molecular weight is 295 g/mol. The zero-order valence-corrected chi connectivity index (χ0v) is 12.7. The number of nitrogens with zero attached hydrogens (tertiary/aromatic N) is 1. The number of rotatable bonds is 9. The van der Waals surface area contributed by atoms with Crippen LogP contribution >= 0.6 is 0 Å². The highest BCUT2D eigenvalue weighted by atomic mass is 16.5. The maximum Gasteiger partial charge on any atom is 0.173 e. The van der Waals surface area contributed by atoms with E-state index in [1.165, 1.54) is 0 Å². The Labute approximate surface area is 125 Å². The van der Waals surface area contributed by atoms with E-state index in [2.05, 4.69) is 17.4 Å². The smallest absolute Gasteiger partial charge is 0.173 e. The second-order valence-electron chi connectivity index (χ2n) is 4.94. The van der Waals surface area contributed by atoms with Crippen LogP contribution in [0, 0.1) is 5.92 Å². The zero-order chi connectivity index (χ0) is 15.7. The third kappa shape index (κ3) is 5.24. The summed E-state index contributed by atoms with van der Waals surface area (Å²) >= 11 is 0. The highest BCUT2D eigenvalue weighted by Gasteiger charge is 2.10. The van der Waals surface area contributed by atoms with Crippen LogP contribution in [0.4, 0.5) is 0 Å². The van der Waals surface area contributed by atoms with Gasteiger partial charge in [0.15, 0.2) is 5.84 Å². The molecule has 6 nitrogen and oxygen atoms in total. The number of benzene rings is 1. The van der Waals surface area contributed by atoms with Crippen molar-refractivity contribution in [2.24, 2.45) is 16.8 Å². The molecule has 1 aromatic carbocycles. The van der Waals surface area contributed by atoms with Gasteiger partial charge in [-0.3, -0.25) is 0 Å². The minimum absolute atomic E-state index is 0.0282. The molecule has 21 heavy (non-hydrogen) atoms. The molecule has 118 valence electrons. The van der Waals surface area contributed by atoms with E-state index < -0.39 is 0 Å². The third-order valence-electron chi connectivity index (χ3n) is 3.52. The lowest BCUT2D eigenvalue weighted by Gasteiger charge is -2.15. The summed E-state index contributed by atoms with van der Waals surface area (Å²) < 4.78 is 5.20. The first-order chi connectivity index (χ1) is 10.2. The fourth-order valence-corrected chi connectivity index (χ4v) is 2.17. The van der Waals surface area contributed by atoms with Crippen LogP contribution in [0.1, 0.15) is 30.9 Å². The maximum absolute atomic E-state index is 8.97. The lowest BCUT2D eigenvalue weighted by molar-refractivity contribution is 0.251. The highest BCUT2D eigenvalue weighted by Crippen LogP contribution is 2.19. The van der Waals surface area contributed by atoms with Crippen molar-refractivity contribution in [1.29, 1.82) is 0 Å². The van der Waals surface area contributed by atoms with E-state index in [1.807, 2.05) is 12.1 Å². The number of aliphatic hydroxyl groups is 1. The molecule has 0 fully saturated rings. The van der Waals surface area contributed by atoms with E-state index in [1.54, 1.807) is 13.2 Å². The summed E-state index contributed by atoms with van der Waals surface area (Å²) in [5.74, 6) is 1.07. The van der Waals surface area contributed by atoms with Crippen LogP contribution < -0.4 is 15.8 Å². The van der Waals surface area contributed by atoms with E-state index in [-0.39, 0.29) is 12.4 Å². The molecule has 0 amide bonds. The second-order valence-corrected chi connectivity index (χ2v) is 4.94. The Kier molecular flexibility index (Phi) is 7.56. The van der Waals surface area contributed by atoms with Crippen LogP contribution in [0.2, 0.25) is 0 Å². The van der Waals surface area contributed by atoms with E-state index in [9.17, 15) is 0 Å². The van der Waals surface area contributed by atoms with E-state index >= 15 is 0 Å².